The molecule has 0 amide bonds. The fourth-order valence-electron chi connectivity index (χ4n) is 3.69. The minimum atomic E-state index is -5.00. The molecule has 3 aromatic rings. The molecule has 1 aliphatic rings. The average molecular weight is 535 g/mol. The van der Waals surface area contributed by atoms with Gasteiger partial charge in [0.25, 0.3) is 0 Å². The van der Waals surface area contributed by atoms with Crippen LogP contribution in [0.15, 0.2) is 59.6 Å². The normalized spacial score (nSPS) is 20.4. The molecule has 1 unspecified atom stereocenters. The van der Waals surface area contributed by atoms with Gasteiger partial charge >= 0.3 is 0 Å². The van der Waals surface area contributed by atoms with Crippen LogP contribution in [-0.2, 0) is 10.0 Å². The predicted molar refractivity (Wildman–Crippen MR) is 147 cm³/mol. The maximum Gasteiger partial charge on any atom is 0.241 e. The van der Waals surface area contributed by atoms with E-state index in [1.807, 2.05) is 0 Å². The van der Waals surface area contributed by atoms with Gasteiger partial charge in [-0.15, -0.1) is 0 Å². The molecule has 37 heavy (non-hydrogen) atoms. The Bertz CT molecular complexity index is 1610. The molecule has 0 aliphatic carbocycles. The van der Waals surface area contributed by atoms with Crippen molar-refractivity contribution in [3.63, 3.8) is 0 Å². The van der Waals surface area contributed by atoms with Gasteiger partial charge in [0, 0.05) is 48.9 Å². The van der Waals surface area contributed by atoms with E-state index in [1.165, 1.54) is 23.1 Å². The number of rotatable bonds is 10. The van der Waals surface area contributed by atoms with Crippen LogP contribution >= 0.6 is 0 Å². The summed E-state index contributed by atoms with van der Waals surface area (Å²) in [4.78, 5) is 10.2. The average Bonchev–Trinajstić information content (AvgIpc) is 3.51. The van der Waals surface area contributed by atoms with Gasteiger partial charge in [-0.3, -0.25) is 4.90 Å². The molecule has 2 heterocycles. The third kappa shape index (κ3) is 7.88. The van der Waals surface area contributed by atoms with Crippen LogP contribution in [0.4, 0.5) is 23.1 Å². The molecular weight excluding hydrogens is 488 g/mol. The van der Waals surface area contributed by atoms with E-state index in [-0.39, 0.29) is 24.1 Å². The Morgan fingerprint density at radius 1 is 1.08 bits per heavy atom. The van der Waals surface area contributed by atoms with Crippen LogP contribution in [-0.4, -0.2) is 55.0 Å². The van der Waals surface area contributed by atoms with E-state index < -0.39 is 47.5 Å². The standard InChI is InChI=1S/C27H36N6O3S/c1-20-19-28-26(30-21-10-12-23(13-11-21)36-17-16-33-14-5-6-15-33)31-25(20)29-22-8-7-9-24(18-22)37(34,35)32-27(2,3)4/h7-13,18-19,32H,5-6,14-17H2,1-4H3,(H2,28,29,30,31)/i2D3,3D3,4D3,16D. The van der Waals surface area contributed by atoms with Crippen LogP contribution in [0.25, 0.3) is 0 Å². The quantitative estimate of drug-likeness (QED) is 0.340. The first-order valence-corrected chi connectivity index (χ1v) is 13.1. The molecule has 198 valence electrons. The minimum absolute atomic E-state index is 0.172. The predicted octanol–water partition coefficient (Wildman–Crippen LogP) is 4.82. The molecule has 4 rings (SSSR count). The van der Waals surface area contributed by atoms with Gasteiger partial charge in [-0.25, -0.2) is 18.1 Å². The van der Waals surface area contributed by atoms with Crippen molar-refractivity contribution >= 4 is 33.2 Å². The topological polar surface area (TPSA) is 108 Å². The number of hydrogen-bond acceptors (Lipinski definition) is 8. The van der Waals surface area contributed by atoms with Gasteiger partial charge in [0.15, 0.2) is 0 Å². The molecular formula is C27H36N6O3S. The van der Waals surface area contributed by atoms with Gasteiger partial charge in [0.05, 0.1) is 4.90 Å². The summed E-state index contributed by atoms with van der Waals surface area (Å²) in [5, 5.41) is 6.03. The summed E-state index contributed by atoms with van der Waals surface area (Å²) in [7, 11) is -5.00. The van der Waals surface area contributed by atoms with E-state index in [4.69, 9.17) is 18.4 Å². The number of aromatic nitrogens is 2. The van der Waals surface area contributed by atoms with Gasteiger partial charge in [0.2, 0.25) is 16.0 Å². The fraction of sp³-hybridized carbons (Fsp3) is 0.407. The zero-order valence-corrected chi connectivity index (χ0v) is 21.1. The first-order valence-electron chi connectivity index (χ1n) is 16.7. The molecule has 9 nitrogen and oxygen atoms in total. The van der Waals surface area contributed by atoms with E-state index in [1.54, 1.807) is 31.2 Å². The molecule has 0 radical (unpaired) electrons. The van der Waals surface area contributed by atoms with Crippen molar-refractivity contribution in [1.82, 2.24) is 19.6 Å². The van der Waals surface area contributed by atoms with Crippen molar-refractivity contribution in [2.75, 3.05) is 36.9 Å². The Kier molecular flexibility index (Phi) is 5.14. The summed E-state index contributed by atoms with van der Waals surface area (Å²) in [6.07, 6.45) is 3.72. The summed E-state index contributed by atoms with van der Waals surface area (Å²) in [6.45, 7) is -7.95. The zero-order chi connectivity index (χ0) is 34.8. The second kappa shape index (κ2) is 11.5. The van der Waals surface area contributed by atoms with E-state index >= 15 is 0 Å². The highest BCUT2D eigenvalue weighted by Crippen LogP contribution is 2.24. The number of ether oxygens (including phenoxy) is 1. The SMILES string of the molecule is [2H]C(COc1ccc(Nc2ncc(C)c(Nc3cccc(S(=O)(=O)NC(C([2H])([2H])[2H])(C([2H])([2H])[2H])C([2H])([2H])[2H])c3)n2)cc1)N1CCCC1. The maximum atomic E-state index is 13.3. The molecule has 1 fully saturated rings. The van der Waals surface area contributed by atoms with E-state index in [9.17, 15) is 8.42 Å². The number of aryl methyl sites for hydroxylation is 1. The van der Waals surface area contributed by atoms with Gasteiger partial charge in [-0.1, -0.05) is 6.07 Å². The summed E-state index contributed by atoms with van der Waals surface area (Å²) in [5.41, 5.74) is -2.37. The number of anilines is 4. The second-order valence-electron chi connectivity index (χ2n) is 8.62. The fourth-order valence-corrected chi connectivity index (χ4v) is 4.75. The molecule has 1 atom stereocenters. The number of likely N-dealkylation sites (tertiary alicyclic amines) is 1. The van der Waals surface area contributed by atoms with Crippen LogP contribution in [0.5, 0.6) is 5.75 Å². The third-order valence-electron chi connectivity index (χ3n) is 5.50. The second-order valence-corrected chi connectivity index (χ2v) is 10.3. The van der Waals surface area contributed by atoms with Gasteiger partial charge in [-0.05, 0) is 95.9 Å². The highest BCUT2D eigenvalue weighted by atomic mass is 32.2. The molecule has 10 heteroatoms. The van der Waals surface area contributed by atoms with Crippen LogP contribution in [0.3, 0.4) is 0 Å². The number of nitrogens with zero attached hydrogens (tertiary/aromatic N) is 3. The smallest absolute Gasteiger partial charge is 0.241 e. The van der Waals surface area contributed by atoms with Crippen molar-refractivity contribution in [1.29, 1.82) is 0 Å². The van der Waals surface area contributed by atoms with E-state index in [0.717, 1.165) is 38.1 Å². The molecule has 3 N–H and O–H groups in total. The van der Waals surface area contributed by atoms with E-state index in [0.29, 0.717) is 17.0 Å². The number of hydrogen-bond donors (Lipinski definition) is 3. The zero-order valence-electron chi connectivity index (χ0n) is 30.3. The van der Waals surface area contributed by atoms with Crippen molar-refractivity contribution in [3.05, 3.63) is 60.3 Å². The van der Waals surface area contributed by atoms with Crippen LogP contribution in [0, 0.1) is 6.92 Å². The molecule has 0 bridgehead atoms. The largest absolute Gasteiger partial charge is 0.492 e. The van der Waals surface area contributed by atoms with Crippen molar-refractivity contribution in [3.8, 4) is 5.75 Å². The first kappa shape index (κ1) is 16.6. The van der Waals surface area contributed by atoms with Crippen molar-refractivity contribution in [2.24, 2.45) is 0 Å². The number of benzene rings is 2. The van der Waals surface area contributed by atoms with Crippen LogP contribution in [0.1, 0.15) is 52.7 Å². The van der Waals surface area contributed by atoms with Crippen LogP contribution < -0.4 is 20.1 Å². The highest BCUT2D eigenvalue weighted by Gasteiger charge is 2.22. The molecule has 0 spiro atoms. The molecule has 1 aromatic heterocycles. The summed E-state index contributed by atoms with van der Waals surface area (Å²) < 4.78 is 112. The lowest BCUT2D eigenvalue weighted by Crippen LogP contribution is -2.40. The lowest BCUT2D eigenvalue weighted by molar-refractivity contribution is 0.238. The van der Waals surface area contributed by atoms with Gasteiger partial charge in [-0.2, -0.15) is 4.98 Å². The molecule has 1 saturated heterocycles. The Labute approximate surface area is 233 Å². The van der Waals surface area contributed by atoms with Crippen molar-refractivity contribution in [2.45, 2.75) is 50.8 Å². The lowest BCUT2D eigenvalue weighted by atomic mass is 10.1. The molecule has 1 aliphatic heterocycles. The Morgan fingerprint density at radius 3 is 2.57 bits per heavy atom. The Morgan fingerprint density at radius 2 is 1.84 bits per heavy atom. The van der Waals surface area contributed by atoms with Gasteiger partial charge < -0.3 is 15.4 Å². The summed E-state index contributed by atoms with van der Waals surface area (Å²) in [6, 6.07) is 12.0. The Hall–Kier alpha value is -3.21. The highest BCUT2D eigenvalue weighted by molar-refractivity contribution is 7.89. The molecule has 0 saturated carbocycles. The monoisotopic (exact) mass is 534 g/mol. The number of nitrogens with one attached hydrogen (secondary N) is 3. The molecule has 2 aromatic carbocycles. The minimum Gasteiger partial charge on any atom is -0.492 e. The summed E-state index contributed by atoms with van der Waals surface area (Å²) in [5.74, 6) is 1.10. The van der Waals surface area contributed by atoms with Crippen molar-refractivity contribution < 1.29 is 26.9 Å². The maximum absolute atomic E-state index is 13.3. The van der Waals surface area contributed by atoms with Crippen LogP contribution in [0.2, 0.25) is 0 Å². The van der Waals surface area contributed by atoms with E-state index in [2.05, 4.69) is 25.5 Å². The third-order valence-corrected chi connectivity index (χ3v) is 6.95. The lowest BCUT2D eigenvalue weighted by Gasteiger charge is -2.20. The first-order chi connectivity index (χ1) is 21.7. The number of sulfonamides is 1. The Balaban J connectivity index is 1.49. The summed E-state index contributed by atoms with van der Waals surface area (Å²) >= 11 is 0. The van der Waals surface area contributed by atoms with Gasteiger partial charge in [0.1, 0.15) is 18.2 Å².